The quantitative estimate of drug-likeness (QED) is 0.650. The third-order valence-electron chi connectivity index (χ3n) is 2.33. The van der Waals surface area contributed by atoms with Crippen LogP contribution in [0.1, 0.15) is 13.3 Å². The first-order valence-electron chi connectivity index (χ1n) is 5.42. The monoisotopic (exact) mass is 270 g/mol. The van der Waals surface area contributed by atoms with Crippen LogP contribution >= 0.6 is 0 Å². The van der Waals surface area contributed by atoms with Gasteiger partial charge in [0, 0.05) is 6.54 Å². The van der Waals surface area contributed by atoms with Gasteiger partial charge in [0.25, 0.3) is 0 Å². The standard InChI is InChI=1S/C12H15FN2O2S/c1-3-7-15(8-4-2)18(16,17)12-6-5-10(13)9-11(12)14/h1,5-6,9H,4,7-8,14H2,2H3. The molecule has 1 aromatic rings. The van der Waals surface area contributed by atoms with Crippen molar-refractivity contribution in [3.8, 4) is 12.3 Å². The van der Waals surface area contributed by atoms with Crippen LogP contribution in [0.5, 0.6) is 0 Å². The summed E-state index contributed by atoms with van der Waals surface area (Å²) in [6.45, 7) is 2.10. The molecular weight excluding hydrogens is 255 g/mol. The van der Waals surface area contributed by atoms with Crippen molar-refractivity contribution in [2.24, 2.45) is 0 Å². The minimum Gasteiger partial charge on any atom is -0.398 e. The van der Waals surface area contributed by atoms with Crippen molar-refractivity contribution >= 4 is 15.7 Å². The van der Waals surface area contributed by atoms with Gasteiger partial charge in [-0.2, -0.15) is 4.31 Å². The first-order chi connectivity index (χ1) is 8.43. The second kappa shape index (κ2) is 5.85. The van der Waals surface area contributed by atoms with E-state index in [4.69, 9.17) is 12.2 Å². The molecule has 0 fully saturated rings. The molecule has 0 unspecified atom stereocenters. The SMILES string of the molecule is C#CCN(CCC)S(=O)(=O)c1ccc(F)cc1N. The van der Waals surface area contributed by atoms with Crippen LogP contribution in [0, 0.1) is 18.2 Å². The van der Waals surface area contributed by atoms with E-state index in [-0.39, 0.29) is 17.1 Å². The fourth-order valence-corrected chi connectivity index (χ4v) is 3.07. The molecule has 0 radical (unpaired) electrons. The lowest BCUT2D eigenvalue weighted by molar-refractivity contribution is 0.446. The van der Waals surface area contributed by atoms with Crippen LogP contribution in [0.15, 0.2) is 23.1 Å². The molecule has 2 N–H and O–H groups in total. The first kappa shape index (κ1) is 14.5. The molecule has 18 heavy (non-hydrogen) atoms. The number of hydrogen-bond acceptors (Lipinski definition) is 3. The maximum absolute atomic E-state index is 12.9. The highest BCUT2D eigenvalue weighted by Crippen LogP contribution is 2.23. The molecule has 0 aliphatic carbocycles. The van der Waals surface area contributed by atoms with Crippen LogP contribution in [-0.4, -0.2) is 25.8 Å². The summed E-state index contributed by atoms with van der Waals surface area (Å²) in [6, 6.07) is 3.19. The van der Waals surface area contributed by atoms with Gasteiger partial charge in [-0.15, -0.1) is 6.42 Å². The van der Waals surface area contributed by atoms with E-state index in [2.05, 4.69) is 5.92 Å². The minimum atomic E-state index is -3.77. The lowest BCUT2D eigenvalue weighted by atomic mass is 10.3. The van der Waals surface area contributed by atoms with E-state index in [1.807, 2.05) is 6.92 Å². The van der Waals surface area contributed by atoms with Crippen LogP contribution < -0.4 is 5.73 Å². The molecule has 98 valence electrons. The molecule has 0 aromatic heterocycles. The molecule has 6 heteroatoms. The normalized spacial score (nSPS) is 11.4. The van der Waals surface area contributed by atoms with Crippen LogP contribution in [0.4, 0.5) is 10.1 Å². The molecule has 0 amide bonds. The Hall–Kier alpha value is -1.58. The maximum Gasteiger partial charge on any atom is 0.245 e. The number of halogens is 1. The van der Waals surface area contributed by atoms with Gasteiger partial charge in [0.2, 0.25) is 10.0 Å². The van der Waals surface area contributed by atoms with Gasteiger partial charge in [0.05, 0.1) is 12.2 Å². The van der Waals surface area contributed by atoms with E-state index in [1.54, 1.807) is 0 Å². The lowest BCUT2D eigenvalue weighted by Gasteiger charge is -2.20. The average molecular weight is 270 g/mol. The highest BCUT2D eigenvalue weighted by molar-refractivity contribution is 7.89. The molecule has 0 saturated carbocycles. The zero-order chi connectivity index (χ0) is 13.8. The van der Waals surface area contributed by atoms with Gasteiger partial charge in [-0.25, -0.2) is 12.8 Å². The van der Waals surface area contributed by atoms with E-state index in [0.29, 0.717) is 13.0 Å². The van der Waals surface area contributed by atoms with Crippen LogP contribution in [-0.2, 0) is 10.0 Å². The first-order valence-corrected chi connectivity index (χ1v) is 6.86. The zero-order valence-corrected chi connectivity index (χ0v) is 10.9. The van der Waals surface area contributed by atoms with Crippen molar-refractivity contribution in [2.75, 3.05) is 18.8 Å². The molecular formula is C12H15FN2O2S. The summed E-state index contributed by atoms with van der Waals surface area (Å²) < 4.78 is 38.6. The van der Waals surface area contributed by atoms with Gasteiger partial charge in [-0.05, 0) is 24.6 Å². The molecule has 0 saturated heterocycles. The molecule has 1 aromatic carbocycles. The van der Waals surface area contributed by atoms with Gasteiger partial charge in [-0.1, -0.05) is 12.8 Å². The van der Waals surface area contributed by atoms with E-state index in [9.17, 15) is 12.8 Å². The van der Waals surface area contributed by atoms with Crippen molar-refractivity contribution in [3.63, 3.8) is 0 Å². The van der Waals surface area contributed by atoms with Crippen LogP contribution in [0.2, 0.25) is 0 Å². The second-order valence-corrected chi connectivity index (χ2v) is 5.63. The Morgan fingerprint density at radius 1 is 1.50 bits per heavy atom. The summed E-state index contributed by atoms with van der Waals surface area (Å²) in [5.74, 6) is 1.71. The maximum atomic E-state index is 12.9. The summed E-state index contributed by atoms with van der Waals surface area (Å²) in [7, 11) is -3.77. The summed E-state index contributed by atoms with van der Waals surface area (Å²) in [4.78, 5) is -0.118. The predicted octanol–water partition coefficient (Wildman–Crippen LogP) is 1.44. The van der Waals surface area contributed by atoms with Gasteiger partial charge in [-0.3, -0.25) is 0 Å². The van der Waals surface area contributed by atoms with Crippen molar-refractivity contribution in [3.05, 3.63) is 24.0 Å². The number of terminal acetylenes is 1. The number of benzene rings is 1. The largest absolute Gasteiger partial charge is 0.398 e. The van der Waals surface area contributed by atoms with Crippen molar-refractivity contribution < 1.29 is 12.8 Å². The smallest absolute Gasteiger partial charge is 0.245 e. The molecule has 1 rings (SSSR count). The number of nitrogen functional groups attached to an aromatic ring is 1. The number of anilines is 1. The fourth-order valence-electron chi connectivity index (χ4n) is 1.53. The number of nitrogens with two attached hydrogens (primary N) is 1. The molecule has 0 bridgehead atoms. The summed E-state index contributed by atoms with van der Waals surface area (Å²) >= 11 is 0. The average Bonchev–Trinajstić information content (AvgIpc) is 2.28. The summed E-state index contributed by atoms with van der Waals surface area (Å²) in [6.07, 6.45) is 5.78. The number of nitrogens with zero attached hydrogens (tertiary/aromatic N) is 1. The van der Waals surface area contributed by atoms with Crippen molar-refractivity contribution in [2.45, 2.75) is 18.2 Å². The predicted molar refractivity (Wildman–Crippen MR) is 68.7 cm³/mol. The Bertz CT molecular complexity index is 564. The Morgan fingerprint density at radius 3 is 2.67 bits per heavy atom. The van der Waals surface area contributed by atoms with Gasteiger partial charge >= 0.3 is 0 Å². The van der Waals surface area contributed by atoms with Crippen molar-refractivity contribution in [1.82, 2.24) is 4.31 Å². The third-order valence-corrected chi connectivity index (χ3v) is 4.25. The fraction of sp³-hybridized carbons (Fsp3) is 0.333. The molecule has 0 aliphatic rings. The van der Waals surface area contributed by atoms with Gasteiger partial charge in [0.15, 0.2) is 0 Å². The Morgan fingerprint density at radius 2 is 2.17 bits per heavy atom. The Labute approximate surface area is 107 Å². The van der Waals surface area contributed by atoms with Gasteiger partial charge in [0.1, 0.15) is 10.7 Å². The molecule has 0 heterocycles. The number of hydrogen-bond donors (Lipinski definition) is 1. The minimum absolute atomic E-state index is 0.0347. The van der Waals surface area contributed by atoms with Crippen LogP contribution in [0.3, 0.4) is 0 Å². The summed E-state index contributed by atoms with van der Waals surface area (Å²) in [5.41, 5.74) is 5.42. The van der Waals surface area contributed by atoms with Crippen LogP contribution in [0.25, 0.3) is 0 Å². The zero-order valence-electron chi connectivity index (χ0n) is 10.1. The molecule has 0 atom stereocenters. The molecule has 0 aliphatic heterocycles. The third kappa shape index (κ3) is 3.00. The molecule has 0 spiro atoms. The van der Waals surface area contributed by atoms with Crippen molar-refractivity contribution in [1.29, 1.82) is 0 Å². The molecule has 4 nitrogen and oxygen atoms in total. The highest BCUT2D eigenvalue weighted by atomic mass is 32.2. The van der Waals surface area contributed by atoms with E-state index >= 15 is 0 Å². The summed E-state index contributed by atoms with van der Waals surface area (Å²) in [5, 5.41) is 0. The van der Waals surface area contributed by atoms with Gasteiger partial charge < -0.3 is 5.73 Å². The Kier molecular flexibility index (Phi) is 4.70. The number of sulfonamides is 1. The number of rotatable bonds is 5. The second-order valence-electron chi connectivity index (χ2n) is 3.72. The van der Waals surface area contributed by atoms with E-state index in [1.165, 1.54) is 0 Å². The topological polar surface area (TPSA) is 63.4 Å². The highest BCUT2D eigenvalue weighted by Gasteiger charge is 2.25. The lowest BCUT2D eigenvalue weighted by Crippen LogP contribution is -2.32. The van der Waals surface area contributed by atoms with E-state index < -0.39 is 15.8 Å². The Balaban J connectivity index is 3.22. The van der Waals surface area contributed by atoms with E-state index in [0.717, 1.165) is 22.5 Å².